The van der Waals surface area contributed by atoms with Crippen LogP contribution in [0.4, 0.5) is 13.2 Å². The molecule has 40 heavy (non-hydrogen) atoms. The molecule has 1 amide bonds. The molecule has 1 aliphatic rings. The Balaban J connectivity index is 0.000000470. The van der Waals surface area contributed by atoms with Gasteiger partial charge in [0.25, 0.3) is 5.91 Å². The molecule has 0 saturated carbocycles. The minimum atomic E-state index is -5.08. The largest absolute Gasteiger partial charge is 0.490 e. The van der Waals surface area contributed by atoms with Crippen LogP contribution in [0.3, 0.4) is 0 Å². The van der Waals surface area contributed by atoms with E-state index in [2.05, 4.69) is 36.9 Å². The van der Waals surface area contributed by atoms with E-state index in [4.69, 9.17) is 26.9 Å². The van der Waals surface area contributed by atoms with Gasteiger partial charge in [0, 0.05) is 35.3 Å². The number of benzene rings is 2. The van der Waals surface area contributed by atoms with Gasteiger partial charge in [-0.1, -0.05) is 18.2 Å². The number of nitrogens with zero attached hydrogens (tertiary/aromatic N) is 2. The highest BCUT2D eigenvalue weighted by molar-refractivity contribution is 7.71. The molecular formula is C26H25F3N6O4S. The highest BCUT2D eigenvalue weighted by atomic mass is 32.1. The molecule has 210 valence electrons. The summed E-state index contributed by atoms with van der Waals surface area (Å²) in [6.07, 6.45) is -5.08. The number of amides is 1. The molecule has 1 fully saturated rings. The predicted molar refractivity (Wildman–Crippen MR) is 142 cm³/mol. The summed E-state index contributed by atoms with van der Waals surface area (Å²) in [7, 11) is 0. The number of hydrogen-bond acceptors (Lipinski definition) is 7. The number of aromatic amines is 2. The van der Waals surface area contributed by atoms with E-state index in [1.54, 1.807) is 12.1 Å². The van der Waals surface area contributed by atoms with E-state index in [0.717, 1.165) is 34.5 Å². The molecule has 0 aliphatic carbocycles. The minimum absolute atomic E-state index is 0.0307. The highest BCUT2D eigenvalue weighted by Gasteiger charge is 2.38. The van der Waals surface area contributed by atoms with Crippen molar-refractivity contribution >= 4 is 35.0 Å². The van der Waals surface area contributed by atoms with Crippen molar-refractivity contribution < 1.29 is 32.6 Å². The Bertz CT molecular complexity index is 1550. The molecule has 2 aromatic heterocycles. The van der Waals surface area contributed by atoms with E-state index >= 15 is 0 Å². The molecule has 0 radical (unpaired) electrons. The van der Waals surface area contributed by atoms with E-state index in [1.807, 2.05) is 43.3 Å². The first kappa shape index (κ1) is 28.7. The lowest BCUT2D eigenvalue weighted by molar-refractivity contribution is -0.192. The third kappa shape index (κ3) is 7.21. The van der Waals surface area contributed by atoms with Crippen LogP contribution < -0.4 is 15.4 Å². The third-order valence-corrected chi connectivity index (χ3v) is 6.28. The maximum absolute atomic E-state index is 12.8. The van der Waals surface area contributed by atoms with Crippen molar-refractivity contribution in [1.82, 2.24) is 30.8 Å². The fourth-order valence-electron chi connectivity index (χ4n) is 4.21. The number of carboxylic acids is 1. The summed E-state index contributed by atoms with van der Waals surface area (Å²) >= 11 is 5.04. The van der Waals surface area contributed by atoms with Gasteiger partial charge in [-0.25, -0.2) is 9.78 Å². The lowest BCUT2D eigenvalue weighted by atomic mass is 10.0. The minimum Gasteiger partial charge on any atom is -0.489 e. The number of carbonyl (C=O) groups is 2. The molecule has 0 bridgehead atoms. The van der Waals surface area contributed by atoms with Gasteiger partial charge in [-0.15, -0.1) is 0 Å². The van der Waals surface area contributed by atoms with Gasteiger partial charge in [0.1, 0.15) is 18.2 Å². The summed E-state index contributed by atoms with van der Waals surface area (Å²) < 4.78 is 38.2. The number of nitrogens with one attached hydrogen (secondary N) is 4. The van der Waals surface area contributed by atoms with Crippen molar-refractivity contribution in [3.63, 3.8) is 0 Å². The predicted octanol–water partition coefficient (Wildman–Crippen LogP) is 4.02. The molecule has 4 aromatic rings. The monoisotopic (exact) mass is 574 g/mol. The van der Waals surface area contributed by atoms with Gasteiger partial charge in [0.2, 0.25) is 4.77 Å². The lowest BCUT2D eigenvalue weighted by Gasteiger charge is -2.18. The molecule has 14 heteroatoms. The number of H-pyrrole nitrogens is 2. The van der Waals surface area contributed by atoms with Crippen molar-refractivity contribution in [1.29, 1.82) is 0 Å². The van der Waals surface area contributed by atoms with Crippen molar-refractivity contribution in [2.75, 3.05) is 13.1 Å². The zero-order valence-corrected chi connectivity index (χ0v) is 21.9. The number of carboxylic acid groups (broad SMARTS) is 1. The number of para-hydroxylation sites is 1. The van der Waals surface area contributed by atoms with Crippen molar-refractivity contribution in [3.8, 4) is 5.75 Å². The quantitative estimate of drug-likeness (QED) is 0.217. The van der Waals surface area contributed by atoms with Gasteiger partial charge in [0.15, 0.2) is 0 Å². The van der Waals surface area contributed by atoms with Crippen LogP contribution in [0.25, 0.3) is 10.9 Å². The second kappa shape index (κ2) is 12.3. The maximum atomic E-state index is 12.8. The number of rotatable bonds is 6. The number of aliphatic carboxylic acids is 1. The van der Waals surface area contributed by atoms with E-state index in [9.17, 15) is 18.0 Å². The normalized spacial score (nSPS) is 16.7. The van der Waals surface area contributed by atoms with Crippen LogP contribution in [0.5, 0.6) is 5.75 Å². The molecule has 5 N–H and O–H groups in total. The number of pyridine rings is 1. The lowest BCUT2D eigenvalue weighted by Crippen LogP contribution is -2.39. The number of aryl methyl sites for hydroxylation is 1. The Morgan fingerprint density at radius 1 is 1.10 bits per heavy atom. The van der Waals surface area contributed by atoms with Crippen LogP contribution in [-0.2, 0) is 11.4 Å². The van der Waals surface area contributed by atoms with Crippen LogP contribution in [0.15, 0.2) is 54.6 Å². The maximum Gasteiger partial charge on any atom is 0.490 e. The molecule has 3 heterocycles. The first-order chi connectivity index (χ1) is 19.0. The first-order valence-corrected chi connectivity index (χ1v) is 12.5. The van der Waals surface area contributed by atoms with E-state index in [1.165, 1.54) is 0 Å². The van der Waals surface area contributed by atoms with Crippen molar-refractivity contribution in [3.05, 3.63) is 82.0 Å². The Kier molecular flexibility index (Phi) is 8.80. The smallest absolute Gasteiger partial charge is 0.489 e. The number of ether oxygens (including phenoxy) is 1. The van der Waals surface area contributed by atoms with E-state index < -0.39 is 12.1 Å². The Morgan fingerprint density at radius 2 is 1.80 bits per heavy atom. The number of carbonyl (C=O) groups excluding carboxylic acids is 1. The highest BCUT2D eigenvalue weighted by Crippen LogP contribution is 2.22. The zero-order chi connectivity index (χ0) is 28.9. The van der Waals surface area contributed by atoms with Gasteiger partial charge in [-0.05, 0) is 55.5 Å². The number of fused-ring (bicyclic) bond motifs is 1. The molecule has 2 atom stereocenters. The van der Waals surface area contributed by atoms with Crippen LogP contribution >= 0.6 is 12.2 Å². The fraction of sp³-hybridized carbons (Fsp3) is 0.269. The number of aromatic nitrogens is 4. The zero-order valence-electron chi connectivity index (χ0n) is 21.1. The van der Waals surface area contributed by atoms with Gasteiger partial charge in [-0.3, -0.25) is 20.0 Å². The third-order valence-electron chi connectivity index (χ3n) is 6.08. The molecule has 0 spiro atoms. The Hall–Kier alpha value is -4.30. The van der Waals surface area contributed by atoms with Gasteiger partial charge < -0.3 is 20.5 Å². The average molecular weight is 575 g/mol. The second-order valence-electron chi connectivity index (χ2n) is 8.95. The molecule has 2 aromatic carbocycles. The molecular weight excluding hydrogens is 549 g/mol. The number of alkyl halides is 3. The van der Waals surface area contributed by atoms with Crippen LogP contribution in [0, 0.1) is 11.7 Å². The van der Waals surface area contributed by atoms with Crippen molar-refractivity contribution in [2.45, 2.75) is 31.7 Å². The summed E-state index contributed by atoms with van der Waals surface area (Å²) in [5, 5.41) is 20.4. The van der Waals surface area contributed by atoms with Gasteiger partial charge in [0.05, 0.1) is 17.5 Å². The van der Waals surface area contributed by atoms with Gasteiger partial charge >= 0.3 is 12.1 Å². The molecule has 0 unspecified atom stereocenters. The first-order valence-electron chi connectivity index (χ1n) is 12.1. The standard InChI is InChI=1S/C24H24N6O2S.C2HF3O2/c1-14-10-16(18-4-2-3-5-20(18)26-14)13-32-17-8-6-15(7-9-17)23(31)27-21-12-25-11-19(21)22-28-24(33)30-29-22;3-2(4,5)1(6)7/h2-10,19,21,25H,11-13H2,1H3,(H,27,31)(H2,28,29,30,33);(H,6,7)/t19-,21-;/m1./s1. The average Bonchev–Trinajstić information content (AvgIpc) is 3.55. The molecule has 1 saturated heterocycles. The van der Waals surface area contributed by atoms with Gasteiger partial charge in [-0.2, -0.15) is 13.2 Å². The van der Waals surface area contributed by atoms with Crippen LogP contribution in [-0.4, -0.2) is 62.5 Å². The van der Waals surface area contributed by atoms with Crippen LogP contribution in [0.2, 0.25) is 0 Å². The summed E-state index contributed by atoms with van der Waals surface area (Å²) in [6, 6.07) is 17.2. The summed E-state index contributed by atoms with van der Waals surface area (Å²) in [5.41, 5.74) is 3.57. The van der Waals surface area contributed by atoms with E-state index in [-0.39, 0.29) is 17.9 Å². The summed E-state index contributed by atoms with van der Waals surface area (Å²) in [6.45, 7) is 3.80. The summed E-state index contributed by atoms with van der Waals surface area (Å²) in [5.74, 6) is -1.41. The Morgan fingerprint density at radius 3 is 2.45 bits per heavy atom. The van der Waals surface area contributed by atoms with Crippen LogP contribution in [0.1, 0.15) is 33.4 Å². The molecule has 1 aliphatic heterocycles. The number of halogens is 3. The number of hydrogen-bond donors (Lipinski definition) is 5. The second-order valence-corrected chi connectivity index (χ2v) is 9.34. The molecule has 5 rings (SSSR count). The Labute approximate surface area is 231 Å². The fourth-order valence-corrected chi connectivity index (χ4v) is 4.36. The SMILES string of the molecule is Cc1cc(COc2ccc(C(=O)N[C@@H]3CNC[C@H]3c3nc(=S)[nH][nH]3)cc2)c2ccccc2n1.O=C(O)C(F)(F)F. The molecule has 10 nitrogen and oxygen atoms in total. The topological polar surface area (TPSA) is 145 Å². The van der Waals surface area contributed by atoms with E-state index in [0.29, 0.717) is 29.2 Å². The summed E-state index contributed by atoms with van der Waals surface area (Å²) in [4.78, 5) is 30.6. The van der Waals surface area contributed by atoms with Crippen molar-refractivity contribution in [2.24, 2.45) is 0 Å².